The molecule has 0 aromatic heterocycles. The summed E-state index contributed by atoms with van der Waals surface area (Å²) in [7, 11) is 0. The number of esters is 1. The smallest absolute Gasteiger partial charge is 0.323 e. The summed E-state index contributed by atoms with van der Waals surface area (Å²) in [4.78, 5) is 11.6. The van der Waals surface area contributed by atoms with Crippen molar-refractivity contribution in [2.45, 2.75) is 58.1 Å². The molecule has 0 heterocycles. The average Bonchev–Trinajstić information content (AvgIpc) is 2.21. The van der Waals surface area contributed by atoms with Crippen molar-refractivity contribution >= 4 is 5.97 Å². The van der Waals surface area contributed by atoms with Gasteiger partial charge in [-0.1, -0.05) is 19.9 Å². The van der Waals surface area contributed by atoms with Crippen LogP contribution < -0.4 is 5.73 Å². The first kappa shape index (κ1) is 13.2. The van der Waals surface area contributed by atoms with Crippen molar-refractivity contribution < 1.29 is 9.53 Å². The molecule has 0 radical (unpaired) electrons. The van der Waals surface area contributed by atoms with E-state index >= 15 is 0 Å². The highest BCUT2D eigenvalue weighted by atomic mass is 16.5. The van der Waals surface area contributed by atoms with Crippen LogP contribution in [0.15, 0.2) is 12.7 Å². The van der Waals surface area contributed by atoms with Crippen LogP contribution in [-0.4, -0.2) is 18.1 Å². The van der Waals surface area contributed by atoms with Gasteiger partial charge >= 0.3 is 5.97 Å². The van der Waals surface area contributed by atoms with Crippen molar-refractivity contribution in [3.63, 3.8) is 0 Å². The van der Waals surface area contributed by atoms with E-state index in [1.165, 1.54) is 0 Å². The summed E-state index contributed by atoms with van der Waals surface area (Å²) in [5.74, 6) is -0.287. The van der Waals surface area contributed by atoms with Gasteiger partial charge in [-0.25, -0.2) is 0 Å². The van der Waals surface area contributed by atoms with Crippen LogP contribution in [0.2, 0.25) is 0 Å². The van der Waals surface area contributed by atoms with Gasteiger partial charge in [-0.2, -0.15) is 0 Å². The fourth-order valence-corrected chi connectivity index (χ4v) is 2.02. The molecule has 2 N–H and O–H groups in total. The molecule has 1 aliphatic carbocycles. The Balaban J connectivity index is 2.33. The minimum Gasteiger partial charge on any atom is -0.461 e. The Bertz CT molecular complexity index is 251. The Morgan fingerprint density at radius 1 is 1.56 bits per heavy atom. The molecule has 92 valence electrons. The van der Waals surface area contributed by atoms with Gasteiger partial charge in [-0.05, 0) is 37.5 Å². The Hall–Kier alpha value is -0.830. The van der Waals surface area contributed by atoms with Crippen LogP contribution in [0.25, 0.3) is 0 Å². The standard InChI is InChI=1S/C13H23NO2/c1-4-5-11(14)12(15)16-10-6-8-13(2,3)9-7-10/h4,10-11H,1,5-9,14H2,2-3H3. The van der Waals surface area contributed by atoms with Crippen LogP contribution in [0.1, 0.15) is 46.0 Å². The second-order valence-electron chi connectivity index (χ2n) is 5.43. The summed E-state index contributed by atoms with van der Waals surface area (Å²) in [6.07, 6.45) is 6.34. The van der Waals surface area contributed by atoms with Gasteiger partial charge in [-0.3, -0.25) is 4.79 Å². The van der Waals surface area contributed by atoms with Gasteiger partial charge in [0.1, 0.15) is 12.1 Å². The van der Waals surface area contributed by atoms with E-state index in [9.17, 15) is 4.79 Å². The Morgan fingerprint density at radius 3 is 2.62 bits per heavy atom. The molecule has 0 aliphatic heterocycles. The van der Waals surface area contributed by atoms with Gasteiger partial charge in [0, 0.05) is 0 Å². The number of rotatable bonds is 4. The summed E-state index contributed by atoms with van der Waals surface area (Å²) in [5, 5.41) is 0. The molecule has 3 heteroatoms. The van der Waals surface area contributed by atoms with Crippen molar-refractivity contribution in [2.75, 3.05) is 0 Å². The molecule has 0 amide bonds. The van der Waals surface area contributed by atoms with Gasteiger partial charge in [0.15, 0.2) is 0 Å². The van der Waals surface area contributed by atoms with Gasteiger partial charge in [0.05, 0.1) is 0 Å². The maximum Gasteiger partial charge on any atom is 0.323 e. The van der Waals surface area contributed by atoms with Crippen molar-refractivity contribution in [2.24, 2.45) is 11.1 Å². The van der Waals surface area contributed by atoms with Crippen LogP contribution in [-0.2, 0) is 9.53 Å². The van der Waals surface area contributed by atoms with Gasteiger partial charge < -0.3 is 10.5 Å². The van der Waals surface area contributed by atoms with E-state index in [1.54, 1.807) is 6.08 Å². The number of nitrogens with two attached hydrogens (primary N) is 1. The van der Waals surface area contributed by atoms with Crippen LogP contribution in [0.5, 0.6) is 0 Å². The van der Waals surface area contributed by atoms with Crippen molar-refractivity contribution in [1.29, 1.82) is 0 Å². The minimum atomic E-state index is -0.549. The molecule has 1 fully saturated rings. The molecule has 16 heavy (non-hydrogen) atoms. The van der Waals surface area contributed by atoms with E-state index in [0.29, 0.717) is 11.8 Å². The van der Waals surface area contributed by atoms with Crippen LogP contribution >= 0.6 is 0 Å². The number of ether oxygens (including phenoxy) is 1. The third-order valence-electron chi connectivity index (χ3n) is 3.29. The van der Waals surface area contributed by atoms with E-state index in [0.717, 1.165) is 25.7 Å². The number of carbonyl (C=O) groups is 1. The molecule has 0 saturated heterocycles. The number of carbonyl (C=O) groups excluding carboxylic acids is 1. The molecule has 3 nitrogen and oxygen atoms in total. The average molecular weight is 225 g/mol. The minimum absolute atomic E-state index is 0.0661. The molecule has 0 spiro atoms. The van der Waals surface area contributed by atoms with Crippen LogP contribution in [0.3, 0.4) is 0 Å². The molecule has 1 aliphatic rings. The second-order valence-corrected chi connectivity index (χ2v) is 5.43. The molecular formula is C13H23NO2. The monoisotopic (exact) mass is 225 g/mol. The third-order valence-corrected chi connectivity index (χ3v) is 3.29. The predicted octanol–water partition coefficient (Wildman–Crippen LogP) is 2.40. The summed E-state index contributed by atoms with van der Waals surface area (Å²) in [6.45, 7) is 8.08. The van der Waals surface area contributed by atoms with E-state index in [-0.39, 0.29) is 12.1 Å². The molecule has 1 saturated carbocycles. The van der Waals surface area contributed by atoms with E-state index in [1.807, 2.05) is 0 Å². The fraction of sp³-hybridized carbons (Fsp3) is 0.769. The second kappa shape index (κ2) is 5.48. The Morgan fingerprint density at radius 2 is 2.12 bits per heavy atom. The molecule has 0 bridgehead atoms. The van der Waals surface area contributed by atoms with Gasteiger partial charge in [-0.15, -0.1) is 6.58 Å². The largest absolute Gasteiger partial charge is 0.461 e. The maximum atomic E-state index is 11.6. The Labute approximate surface area is 98.0 Å². The number of hydrogen-bond donors (Lipinski definition) is 1. The van der Waals surface area contributed by atoms with E-state index in [2.05, 4.69) is 20.4 Å². The highest BCUT2D eigenvalue weighted by Gasteiger charge is 2.29. The summed E-state index contributed by atoms with van der Waals surface area (Å²) >= 11 is 0. The lowest BCUT2D eigenvalue weighted by Crippen LogP contribution is -2.36. The number of hydrogen-bond acceptors (Lipinski definition) is 3. The zero-order valence-corrected chi connectivity index (χ0v) is 10.4. The fourth-order valence-electron chi connectivity index (χ4n) is 2.02. The van der Waals surface area contributed by atoms with Gasteiger partial charge in [0.2, 0.25) is 0 Å². The normalized spacial score (nSPS) is 22.4. The molecular weight excluding hydrogens is 202 g/mol. The van der Waals surface area contributed by atoms with Gasteiger partial charge in [0.25, 0.3) is 0 Å². The highest BCUT2D eigenvalue weighted by Crippen LogP contribution is 2.36. The highest BCUT2D eigenvalue weighted by molar-refractivity contribution is 5.75. The predicted molar refractivity (Wildman–Crippen MR) is 64.9 cm³/mol. The third kappa shape index (κ3) is 3.97. The molecule has 1 atom stereocenters. The van der Waals surface area contributed by atoms with Crippen LogP contribution in [0, 0.1) is 5.41 Å². The quantitative estimate of drug-likeness (QED) is 0.590. The van der Waals surface area contributed by atoms with Crippen LogP contribution in [0.4, 0.5) is 0 Å². The van der Waals surface area contributed by atoms with Crippen molar-refractivity contribution in [1.82, 2.24) is 0 Å². The molecule has 0 aromatic rings. The first-order valence-corrected chi connectivity index (χ1v) is 6.01. The van der Waals surface area contributed by atoms with E-state index in [4.69, 9.17) is 10.5 Å². The first-order chi connectivity index (χ1) is 7.44. The lowest BCUT2D eigenvalue weighted by molar-refractivity contribution is -0.153. The zero-order valence-electron chi connectivity index (χ0n) is 10.4. The summed E-state index contributed by atoms with van der Waals surface area (Å²) < 4.78 is 5.39. The molecule has 1 rings (SSSR count). The van der Waals surface area contributed by atoms with E-state index < -0.39 is 6.04 Å². The summed E-state index contributed by atoms with van der Waals surface area (Å²) in [6, 6.07) is -0.549. The Kier molecular flexibility index (Phi) is 4.54. The molecule has 1 unspecified atom stereocenters. The molecule has 0 aromatic carbocycles. The SMILES string of the molecule is C=CCC(N)C(=O)OC1CCC(C)(C)CC1. The maximum absolute atomic E-state index is 11.6. The lowest BCUT2D eigenvalue weighted by atomic mass is 9.76. The lowest BCUT2D eigenvalue weighted by Gasteiger charge is -2.34. The van der Waals surface area contributed by atoms with Crippen molar-refractivity contribution in [3.8, 4) is 0 Å². The topological polar surface area (TPSA) is 52.3 Å². The first-order valence-electron chi connectivity index (χ1n) is 6.01. The summed E-state index contributed by atoms with van der Waals surface area (Å²) in [5.41, 5.74) is 6.05. The zero-order chi connectivity index (χ0) is 12.2. The van der Waals surface area contributed by atoms with Crippen molar-refractivity contribution in [3.05, 3.63) is 12.7 Å².